The van der Waals surface area contributed by atoms with Crippen molar-refractivity contribution in [3.05, 3.63) is 45.4 Å². The van der Waals surface area contributed by atoms with Crippen molar-refractivity contribution >= 4 is 34.5 Å². The van der Waals surface area contributed by atoms with Crippen molar-refractivity contribution in [1.29, 1.82) is 0 Å². The fourth-order valence-electron chi connectivity index (χ4n) is 2.36. The monoisotopic (exact) mass is 351 g/mol. The average molecular weight is 352 g/mol. The zero-order valence-corrected chi connectivity index (χ0v) is 14.2. The van der Waals surface area contributed by atoms with Crippen LogP contribution >= 0.6 is 22.9 Å². The fraction of sp³-hybridized carbons (Fsp3) is 0.375. The third-order valence-electron chi connectivity index (χ3n) is 3.53. The van der Waals surface area contributed by atoms with Crippen molar-refractivity contribution in [3.8, 4) is 0 Å². The summed E-state index contributed by atoms with van der Waals surface area (Å²) in [5.41, 5.74) is 1.55. The molecule has 0 saturated carbocycles. The van der Waals surface area contributed by atoms with Gasteiger partial charge in [-0.2, -0.15) is 0 Å². The molecule has 0 aliphatic carbocycles. The second-order valence-electron chi connectivity index (χ2n) is 5.35. The minimum atomic E-state index is -0.0736. The van der Waals surface area contributed by atoms with Crippen LogP contribution in [-0.4, -0.2) is 42.1 Å². The molecule has 0 spiro atoms. The molecule has 2 aromatic rings. The van der Waals surface area contributed by atoms with E-state index in [9.17, 15) is 4.79 Å². The smallest absolute Gasteiger partial charge is 0.230 e. The molecule has 1 fully saturated rings. The third-order valence-corrected chi connectivity index (χ3v) is 4.67. The van der Waals surface area contributed by atoms with Gasteiger partial charge in [0.2, 0.25) is 5.91 Å². The number of hydrogen-bond donors (Lipinski definition) is 1. The van der Waals surface area contributed by atoms with E-state index < -0.39 is 0 Å². The molecule has 0 unspecified atom stereocenters. The van der Waals surface area contributed by atoms with Gasteiger partial charge in [0.15, 0.2) is 0 Å². The maximum Gasteiger partial charge on any atom is 0.230 e. The van der Waals surface area contributed by atoms with E-state index in [0.29, 0.717) is 5.02 Å². The molecular formula is C16H18ClN3O2S. The van der Waals surface area contributed by atoms with Gasteiger partial charge in [0.25, 0.3) is 0 Å². The molecule has 1 amide bonds. The Kier molecular flexibility index (Phi) is 5.61. The van der Waals surface area contributed by atoms with E-state index in [-0.39, 0.29) is 12.3 Å². The Morgan fingerprint density at radius 2 is 2.04 bits per heavy atom. The molecule has 7 heteroatoms. The summed E-state index contributed by atoms with van der Waals surface area (Å²) in [5, 5.41) is 6.50. The van der Waals surface area contributed by atoms with E-state index in [1.807, 2.05) is 5.38 Å². The average Bonchev–Trinajstić information content (AvgIpc) is 2.97. The molecule has 0 radical (unpaired) electrons. The number of carbonyl (C=O) groups excluding carboxylic acids is 1. The maximum absolute atomic E-state index is 12.1. The first kappa shape index (κ1) is 16.4. The second-order valence-corrected chi connectivity index (χ2v) is 6.73. The molecule has 2 heterocycles. The van der Waals surface area contributed by atoms with Crippen LogP contribution in [0.2, 0.25) is 5.02 Å². The van der Waals surface area contributed by atoms with Gasteiger partial charge in [-0.25, -0.2) is 4.98 Å². The predicted molar refractivity (Wildman–Crippen MR) is 92.0 cm³/mol. The Bertz CT molecular complexity index is 654. The Labute approximate surface area is 144 Å². The predicted octanol–water partition coefficient (Wildman–Crippen LogP) is 2.81. The van der Waals surface area contributed by atoms with Crippen LogP contribution in [0.15, 0.2) is 29.6 Å². The lowest BCUT2D eigenvalue weighted by Gasteiger charge is -2.25. The van der Waals surface area contributed by atoms with E-state index in [2.05, 4.69) is 15.2 Å². The van der Waals surface area contributed by atoms with Crippen LogP contribution in [0.1, 0.15) is 10.7 Å². The molecule has 1 aliphatic heterocycles. The molecule has 0 bridgehead atoms. The van der Waals surface area contributed by atoms with Gasteiger partial charge < -0.3 is 10.1 Å². The van der Waals surface area contributed by atoms with Gasteiger partial charge in [-0.1, -0.05) is 11.6 Å². The lowest BCUT2D eigenvalue weighted by Crippen LogP contribution is -2.35. The van der Waals surface area contributed by atoms with Gasteiger partial charge in [-0.05, 0) is 24.3 Å². The molecule has 1 aromatic carbocycles. The summed E-state index contributed by atoms with van der Waals surface area (Å²) in [6.07, 6.45) is 0.280. The number of thiazole rings is 1. The first-order chi connectivity index (χ1) is 11.2. The van der Waals surface area contributed by atoms with E-state index in [0.717, 1.165) is 49.2 Å². The summed E-state index contributed by atoms with van der Waals surface area (Å²) in [5.74, 6) is -0.0736. The van der Waals surface area contributed by atoms with Gasteiger partial charge in [0, 0.05) is 29.2 Å². The number of aromatic nitrogens is 1. The molecule has 0 atom stereocenters. The molecule has 1 saturated heterocycles. The first-order valence-corrected chi connectivity index (χ1v) is 8.73. The highest BCUT2D eigenvalue weighted by Gasteiger charge is 2.14. The van der Waals surface area contributed by atoms with Crippen molar-refractivity contribution in [3.63, 3.8) is 0 Å². The lowest BCUT2D eigenvalue weighted by atomic mass is 10.3. The maximum atomic E-state index is 12.1. The summed E-state index contributed by atoms with van der Waals surface area (Å²) < 4.78 is 5.34. The van der Waals surface area contributed by atoms with E-state index in [1.54, 1.807) is 35.6 Å². The van der Waals surface area contributed by atoms with Crippen molar-refractivity contribution in [1.82, 2.24) is 9.88 Å². The van der Waals surface area contributed by atoms with Crippen molar-refractivity contribution in [2.45, 2.75) is 13.0 Å². The highest BCUT2D eigenvalue weighted by molar-refractivity contribution is 7.09. The summed E-state index contributed by atoms with van der Waals surface area (Å²) in [4.78, 5) is 18.9. The number of halogens is 1. The molecule has 23 heavy (non-hydrogen) atoms. The van der Waals surface area contributed by atoms with Crippen LogP contribution in [0.3, 0.4) is 0 Å². The van der Waals surface area contributed by atoms with Crippen LogP contribution in [0.4, 0.5) is 5.69 Å². The van der Waals surface area contributed by atoms with Crippen LogP contribution in [0, 0.1) is 0 Å². The van der Waals surface area contributed by atoms with Crippen LogP contribution in [0.5, 0.6) is 0 Å². The number of rotatable bonds is 5. The molecular weight excluding hydrogens is 334 g/mol. The molecule has 1 N–H and O–H groups in total. The molecule has 1 aliphatic rings. The zero-order valence-electron chi connectivity index (χ0n) is 12.6. The summed E-state index contributed by atoms with van der Waals surface area (Å²) in [6.45, 7) is 4.26. The lowest BCUT2D eigenvalue weighted by molar-refractivity contribution is -0.115. The molecule has 5 nitrogen and oxygen atoms in total. The normalized spacial score (nSPS) is 15.5. The number of carbonyl (C=O) groups is 1. The largest absolute Gasteiger partial charge is 0.379 e. The van der Waals surface area contributed by atoms with Gasteiger partial charge in [0.05, 0.1) is 31.9 Å². The Hall–Kier alpha value is -1.47. The van der Waals surface area contributed by atoms with Gasteiger partial charge in [-0.15, -0.1) is 11.3 Å². The number of hydrogen-bond acceptors (Lipinski definition) is 5. The quantitative estimate of drug-likeness (QED) is 0.900. The zero-order chi connectivity index (χ0) is 16.1. The number of anilines is 1. The van der Waals surface area contributed by atoms with Gasteiger partial charge in [0.1, 0.15) is 5.01 Å². The van der Waals surface area contributed by atoms with E-state index in [1.165, 1.54) is 0 Å². The van der Waals surface area contributed by atoms with Gasteiger partial charge in [-0.3, -0.25) is 9.69 Å². The minimum absolute atomic E-state index is 0.0736. The molecule has 122 valence electrons. The van der Waals surface area contributed by atoms with Crippen molar-refractivity contribution < 1.29 is 9.53 Å². The minimum Gasteiger partial charge on any atom is -0.379 e. The molecule has 1 aromatic heterocycles. The van der Waals surface area contributed by atoms with Crippen LogP contribution in [0.25, 0.3) is 0 Å². The van der Waals surface area contributed by atoms with E-state index >= 15 is 0 Å². The number of benzene rings is 1. The first-order valence-electron chi connectivity index (χ1n) is 7.48. The Morgan fingerprint density at radius 3 is 2.78 bits per heavy atom. The van der Waals surface area contributed by atoms with Gasteiger partial charge >= 0.3 is 0 Å². The van der Waals surface area contributed by atoms with Crippen molar-refractivity contribution in [2.24, 2.45) is 0 Å². The van der Waals surface area contributed by atoms with Crippen LogP contribution in [-0.2, 0) is 22.5 Å². The number of nitrogens with one attached hydrogen (secondary N) is 1. The van der Waals surface area contributed by atoms with Crippen molar-refractivity contribution in [2.75, 3.05) is 31.6 Å². The Morgan fingerprint density at radius 1 is 1.30 bits per heavy atom. The number of amides is 1. The highest BCUT2D eigenvalue weighted by atomic mass is 35.5. The summed E-state index contributed by atoms with van der Waals surface area (Å²) in [6, 6.07) is 7.07. The van der Waals surface area contributed by atoms with Crippen LogP contribution < -0.4 is 5.32 Å². The summed E-state index contributed by atoms with van der Waals surface area (Å²) in [7, 11) is 0. The summed E-state index contributed by atoms with van der Waals surface area (Å²) >= 11 is 7.43. The topological polar surface area (TPSA) is 54.5 Å². The number of ether oxygens (including phenoxy) is 1. The number of nitrogens with zero attached hydrogens (tertiary/aromatic N) is 2. The third kappa shape index (κ3) is 5.00. The highest BCUT2D eigenvalue weighted by Crippen LogP contribution is 2.16. The standard InChI is InChI=1S/C16H18ClN3O2S/c17-12-1-3-13(4-2-12)18-15(21)9-14-11-23-16(19-14)10-20-5-7-22-8-6-20/h1-4,11H,5-10H2,(H,18,21). The fourth-order valence-corrected chi connectivity index (χ4v) is 3.32. The molecule has 3 rings (SSSR count). The second kappa shape index (κ2) is 7.88. The van der Waals surface area contributed by atoms with E-state index in [4.69, 9.17) is 16.3 Å². The number of morpholine rings is 1. The SMILES string of the molecule is O=C(Cc1csc(CN2CCOCC2)n1)Nc1ccc(Cl)cc1. The Balaban J connectivity index is 1.51.